The Morgan fingerprint density at radius 3 is 2.00 bits per heavy atom. The highest BCUT2D eigenvalue weighted by molar-refractivity contribution is 5.75. The van der Waals surface area contributed by atoms with Gasteiger partial charge in [-0.15, -0.1) is 0 Å². The maximum Gasteiger partial charge on any atom is 0.337 e. The molecule has 226 valence electrons. The summed E-state index contributed by atoms with van der Waals surface area (Å²) in [5, 5.41) is 10.7. The molecule has 0 aromatic heterocycles. The third-order valence-corrected chi connectivity index (χ3v) is 7.80. The second-order valence-corrected chi connectivity index (χ2v) is 10.5. The van der Waals surface area contributed by atoms with E-state index < -0.39 is 61.1 Å². The maximum atomic E-state index is 12.4. The molecule has 2 fully saturated rings. The normalized spacial score (nSPS) is 33.8. The number of hydrogen-bond donors (Lipinski definition) is 1. The first-order valence-electron chi connectivity index (χ1n) is 13.9. The molecule has 0 radical (unpaired) electrons. The lowest BCUT2D eigenvalue weighted by Crippen LogP contribution is -2.62. The third-order valence-electron chi connectivity index (χ3n) is 7.80. The van der Waals surface area contributed by atoms with Gasteiger partial charge in [0.25, 0.3) is 0 Å². The molecule has 2 aliphatic rings. The van der Waals surface area contributed by atoms with Crippen LogP contribution in [0.3, 0.4) is 0 Å². The van der Waals surface area contributed by atoms with E-state index in [1.54, 1.807) is 14.0 Å². The molecule has 0 saturated carbocycles. The van der Waals surface area contributed by atoms with E-state index in [2.05, 4.69) is 0 Å². The highest BCUT2D eigenvalue weighted by atomic mass is 16.7. The predicted molar refractivity (Wildman–Crippen MR) is 147 cm³/mol. The number of esters is 1. The Morgan fingerprint density at radius 1 is 0.780 bits per heavy atom. The zero-order valence-electron chi connectivity index (χ0n) is 24.3. The Morgan fingerprint density at radius 2 is 1.41 bits per heavy atom. The summed E-state index contributed by atoms with van der Waals surface area (Å²) in [6.07, 6.45) is -6.33. The topological polar surface area (TPSA) is 111 Å². The highest BCUT2D eigenvalue weighted by Gasteiger charge is 2.52. The van der Waals surface area contributed by atoms with Crippen LogP contribution in [0.15, 0.2) is 60.7 Å². The van der Waals surface area contributed by atoms with Gasteiger partial charge in [0.15, 0.2) is 18.7 Å². The number of rotatable bonds is 12. The summed E-state index contributed by atoms with van der Waals surface area (Å²) < 4.78 is 47.6. The molecule has 2 saturated heterocycles. The number of carbonyl (C=O) groups excluding carboxylic acids is 1. The summed E-state index contributed by atoms with van der Waals surface area (Å²) >= 11 is 0. The summed E-state index contributed by atoms with van der Waals surface area (Å²) in [6.45, 7) is 4.73. The standard InChI is InChI=1S/C31H42O10/c1-19-24(32)28(29(33)35-4)41-31(26(19)34-3)40-25-20(2)27(38-17-22-14-10-7-11-15-22)30(36-5)39-23(25)18-37-16-21-12-8-6-9-13-21/h6-15,19-20,23-28,30-32H,16-18H2,1-5H3/t19-,20?,23?,24-,25-,26?,27?,28?,30-,31+/m0/s1. The second kappa shape index (κ2) is 15.2. The van der Waals surface area contributed by atoms with Crippen molar-refractivity contribution in [2.24, 2.45) is 11.8 Å². The molecule has 0 amide bonds. The average Bonchev–Trinajstić information content (AvgIpc) is 3.00. The molecule has 10 nitrogen and oxygen atoms in total. The minimum absolute atomic E-state index is 0.206. The van der Waals surface area contributed by atoms with Crippen LogP contribution in [0.5, 0.6) is 0 Å². The van der Waals surface area contributed by atoms with Gasteiger partial charge >= 0.3 is 5.97 Å². The Hall–Kier alpha value is -2.41. The first-order valence-corrected chi connectivity index (χ1v) is 13.9. The van der Waals surface area contributed by atoms with Crippen LogP contribution in [0.4, 0.5) is 0 Å². The van der Waals surface area contributed by atoms with Crippen LogP contribution in [-0.4, -0.2) is 88.2 Å². The van der Waals surface area contributed by atoms with Crippen molar-refractivity contribution >= 4 is 5.97 Å². The van der Waals surface area contributed by atoms with Crippen LogP contribution >= 0.6 is 0 Å². The fourth-order valence-electron chi connectivity index (χ4n) is 5.42. The molecule has 4 rings (SSSR count). The van der Waals surface area contributed by atoms with Crippen molar-refractivity contribution in [1.29, 1.82) is 0 Å². The van der Waals surface area contributed by atoms with Crippen molar-refractivity contribution in [2.45, 2.75) is 76.3 Å². The number of benzene rings is 2. The van der Waals surface area contributed by atoms with E-state index in [0.717, 1.165) is 11.1 Å². The summed E-state index contributed by atoms with van der Waals surface area (Å²) in [7, 11) is 4.34. The molecular formula is C31H42O10. The Balaban J connectivity index is 1.55. The summed E-state index contributed by atoms with van der Waals surface area (Å²) in [5.74, 6) is -1.42. The van der Waals surface area contributed by atoms with Gasteiger partial charge in [0.1, 0.15) is 18.3 Å². The number of ether oxygens (including phenoxy) is 8. The van der Waals surface area contributed by atoms with Crippen molar-refractivity contribution in [1.82, 2.24) is 0 Å². The SMILES string of the molecule is COC(=O)C1O[C@@H](O[C@@H]2C(COCc3ccccc3)O[C@H](OC)C(OCc3ccccc3)C2C)C(OC)[C@@H](C)[C@@H]1O. The van der Waals surface area contributed by atoms with Gasteiger partial charge < -0.3 is 43.0 Å². The van der Waals surface area contributed by atoms with Crippen molar-refractivity contribution in [3.8, 4) is 0 Å². The van der Waals surface area contributed by atoms with Crippen LogP contribution in [0, 0.1) is 11.8 Å². The Labute approximate surface area is 241 Å². The zero-order valence-corrected chi connectivity index (χ0v) is 24.3. The number of aliphatic hydroxyl groups excluding tert-OH is 1. The molecule has 2 aromatic carbocycles. The first-order chi connectivity index (χ1) is 19.9. The van der Waals surface area contributed by atoms with Gasteiger partial charge in [-0.25, -0.2) is 4.79 Å². The van der Waals surface area contributed by atoms with Crippen molar-refractivity contribution in [3.63, 3.8) is 0 Å². The minimum atomic E-state index is -1.23. The highest BCUT2D eigenvalue weighted by Crippen LogP contribution is 2.36. The van der Waals surface area contributed by atoms with E-state index >= 15 is 0 Å². The number of carbonyl (C=O) groups is 1. The smallest absolute Gasteiger partial charge is 0.337 e. The number of methoxy groups -OCH3 is 3. The monoisotopic (exact) mass is 574 g/mol. The fraction of sp³-hybridized carbons (Fsp3) is 0.581. The maximum absolute atomic E-state index is 12.4. The zero-order chi connectivity index (χ0) is 29.4. The molecule has 0 aliphatic carbocycles. The molecule has 10 heteroatoms. The van der Waals surface area contributed by atoms with Gasteiger partial charge in [-0.1, -0.05) is 74.5 Å². The van der Waals surface area contributed by atoms with Crippen LogP contribution in [0.1, 0.15) is 25.0 Å². The second-order valence-electron chi connectivity index (χ2n) is 10.5. The lowest BCUT2D eigenvalue weighted by atomic mass is 9.88. The lowest BCUT2D eigenvalue weighted by Gasteiger charge is -2.48. The molecule has 5 unspecified atom stereocenters. The number of hydrogen-bond acceptors (Lipinski definition) is 10. The third kappa shape index (κ3) is 7.71. The first kappa shape index (κ1) is 31.5. The van der Waals surface area contributed by atoms with Crippen molar-refractivity contribution in [2.75, 3.05) is 27.9 Å². The van der Waals surface area contributed by atoms with Crippen LogP contribution < -0.4 is 0 Å². The lowest BCUT2D eigenvalue weighted by molar-refractivity contribution is -0.348. The van der Waals surface area contributed by atoms with Crippen LogP contribution in [-0.2, 0) is 55.9 Å². The molecular weight excluding hydrogens is 532 g/mol. The van der Waals surface area contributed by atoms with Gasteiger partial charge in [0.05, 0.1) is 39.1 Å². The predicted octanol–water partition coefficient (Wildman–Crippen LogP) is 3.09. The van der Waals surface area contributed by atoms with E-state index in [1.807, 2.05) is 67.6 Å². The molecule has 1 N–H and O–H groups in total. The summed E-state index contributed by atoms with van der Waals surface area (Å²) in [6, 6.07) is 19.7. The van der Waals surface area contributed by atoms with Gasteiger partial charge in [-0.3, -0.25) is 0 Å². The number of aliphatic hydroxyl groups is 1. The molecule has 10 atom stereocenters. The average molecular weight is 575 g/mol. The fourth-order valence-corrected chi connectivity index (χ4v) is 5.42. The minimum Gasteiger partial charge on any atom is -0.467 e. The molecule has 2 heterocycles. The molecule has 2 aliphatic heterocycles. The van der Waals surface area contributed by atoms with Crippen LogP contribution in [0.2, 0.25) is 0 Å². The van der Waals surface area contributed by atoms with Gasteiger partial charge in [-0.05, 0) is 11.1 Å². The van der Waals surface area contributed by atoms with Crippen LogP contribution in [0.25, 0.3) is 0 Å². The van der Waals surface area contributed by atoms with E-state index in [-0.39, 0.29) is 12.5 Å². The molecule has 2 aromatic rings. The Kier molecular flexibility index (Phi) is 11.7. The molecule has 0 bridgehead atoms. The quantitative estimate of drug-likeness (QED) is 0.380. The van der Waals surface area contributed by atoms with Gasteiger partial charge in [-0.2, -0.15) is 0 Å². The van der Waals surface area contributed by atoms with Crippen molar-refractivity contribution < 1.29 is 47.8 Å². The van der Waals surface area contributed by atoms with Crippen molar-refractivity contribution in [3.05, 3.63) is 71.8 Å². The van der Waals surface area contributed by atoms with E-state index in [4.69, 9.17) is 37.9 Å². The van der Waals surface area contributed by atoms with E-state index in [0.29, 0.717) is 13.2 Å². The molecule has 0 spiro atoms. The summed E-state index contributed by atoms with van der Waals surface area (Å²) in [5.41, 5.74) is 2.04. The Bertz CT molecular complexity index is 1050. The molecule has 41 heavy (non-hydrogen) atoms. The van der Waals surface area contributed by atoms with Gasteiger partial charge in [0, 0.05) is 26.1 Å². The van der Waals surface area contributed by atoms with E-state index in [1.165, 1.54) is 14.2 Å². The van der Waals surface area contributed by atoms with E-state index in [9.17, 15) is 9.90 Å². The van der Waals surface area contributed by atoms with Gasteiger partial charge in [0.2, 0.25) is 0 Å². The largest absolute Gasteiger partial charge is 0.467 e. The summed E-state index contributed by atoms with van der Waals surface area (Å²) in [4.78, 5) is 12.4.